The van der Waals surface area contributed by atoms with Crippen molar-refractivity contribution >= 4 is 17.7 Å². The van der Waals surface area contributed by atoms with Crippen molar-refractivity contribution in [3.8, 4) is 0 Å². The number of amides is 1. The zero-order valence-electron chi connectivity index (χ0n) is 9.97. The molecule has 0 atom stereocenters. The molecule has 0 radical (unpaired) electrons. The van der Waals surface area contributed by atoms with Crippen LogP contribution in [0.15, 0.2) is 29.2 Å². The van der Waals surface area contributed by atoms with Crippen LogP contribution in [0.2, 0.25) is 0 Å². The van der Waals surface area contributed by atoms with Gasteiger partial charge in [-0.05, 0) is 31.2 Å². The Morgan fingerprint density at radius 3 is 2.44 bits per heavy atom. The normalized spacial score (nSPS) is 10.7. The Labute approximate surface area is 109 Å². The van der Waals surface area contributed by atoms with Crippen LogP contribution in [0, 0.1) is 0 Å². The van der Waals surface area contributed by atoms with E-state index in [1.807, 2.05) is 6.92 Å². The van der Waals surface area contributed by atoms with Crippen LogP contribution in [-0.2, 0) is 0 Å². The highest BCUT2D eigenvalue weighted by Crippen LogP contribution is 2.25. The molecule has 0 aliphatic rings. The minimum absolute atomic E-state index is 0.0983. The highest BCUT2D eigenvalue weighted by molar-refractivity contribution is 7.99. The summed E-state index contributed by atoms with van der Waals surface area (Å²) in [5.41, 5.74) is 0.434. The molecule has 1 aromatic carbocycles. The molecular formula is C12H15F2NO2S. The minimum atomic E-state index is -2.46. The number of carbonyl (C=O) groups excluding carboxylic acids is 1. The van der Waals surface area contributed by atoms with E-state index in [4.69, 9.17) is 5.11 Å². The Balaban J connectivity index is 2.74. The number of nitrogens with zero attached hydrogens (tertiary/aromatic N) is 1. The molecule has 6 heteroatoms. The van der Waals surface area contributed by atoms with E-state index in [1.54, 1.807) is 0 Å². The standard InChI is InChI=1S/C12H15F2NO2S/c1-2-15(7-8-16)11(17)9-3-5-10(6-4-9)18-12(13)14/h3-6,12,16H,2,7-8H2,1H3. The Hall–Kier alpha value is -1.14. The van der Waals surface area contributed by atoms with E-state index >= 15 is 0 Å². The van der Waals surface area contributed by atoms with Crippen LogP contribution in [0.4, 0.5) is 8.78 Å². The van der Waals surface area contributed by atoms with Crippen LogP contribution in [0.1, 0.15) is 17.3 Å². The molecule has 1 aromatic rings. The molecule has 0 aliphatic heterocycles. The first-order valence-electron chi connectivity index (χ1n) is 5.53. The second kappa shape index (κ2) is 7.33. The van der Waals surface area contributed by atoms with Gasteiger partial charge in [0.25, 0.3) is 11.7 Å². The highest BCUT2D eigenvalue weighted by Gasteiger charge is 2.13. The summed E-state index contributed by atoms with van der Waals surface area (Å²) in [6, 6.07) is 6.04. The lowest BCUT2D eigenvalue weighted by molar-refractivity contribution is 0.0732. The Morgan fingerprint density at radius 2 is 2.00 bits per heavy atom. The fourth-order valence-corrected chi connectivity index (χ4v) is 1.98. The van der Waals surface area contributed by atoms with Gasteiger partial charge in [0, 0.05) is 23.5 Å². The maximum absolute atomic E-state index is 12.1. The van der Waals surface area contributed by atoms with Gasteiger partial charge in [-0.25, -0.2) is 0 Å². The summed E-state index contributed by atoms with van der Waals surface area (Å²) >= 11 is 0.445. The second-order valence-corrected chi connectivity index (χ2v) is 4.57. The summed E-state index contributed by atoms with van der Waals surface area (Å²) in [5.74, 6) is -2.67. The summed E-state index contributed by atoms with van der Waals surface area (Å²) in [6.45, 7) is 2.48. The summed E-state index contributed by atoms with van der Waals surface area (Å²) in [4.78, 5) is 13.9. The molecule has 0 aromatic heterocycles. The number of hydrogen-bond donors (Lipinski definition) is 1. The quantitative estimate of drug-likeness (QED) is 0.811. The molecule has 100 valence electrons. The fourth-order valence-electron chi connectivity index (χ4n) is 1.49. The number of likely N-dealkylation sites (N-methyl/N-ethyl adjacent to an activating group) is 1. The summed E-state index contributed by atoms with van der Waals surface area (Å²) < 4.78 is 24.2. The Bertz CT molecular complexity index is 384. The van der Waals surface area contributed by atoms with Crippen LogP contribution in [-0.4, -0.2) is 41.4 Å². The number of benzene rings is 1. The topological polar surface area (TPSA) is 40.5 Å². The third-order valence-corrected chi connectivity index (χ3v) is 3.09. The van der Waals surface area contributed by atoms with Crippen molar-refractivity contribution in [3.63, 3.8) is 0 Å². The molecule has 1 N–H and O–H groups in total. The van der Waals surface area contributed by atoms with Crippen molar-refractivity contribution in [3.05, 3.63) is 29.8 Å². The predicted molar refractivity (Wildman–Crippen MR) is 67.0 cm³/mol. The Morgan fingerprint density at radius 1 is 1.39 bits per heavy atom. The SMILES string of the molecule is CCN(CCO)C(=O)c1ccc(SC(F)F)cc1. The van der Waals surface area contributed by atoms with E-state index in [-0.39, 0.29) is 19.1 Å². The van der Waals surface area contributed by atoms with Crippen LogP contribution >= 0.6 is 11.8 Å². The van der Waals surface area contributed by atoms with Gasteiger partial charge in [0.05, 0.1) is 6.61 Å². The molecule has 0 heterocycles. The smallest absolute Gasteiger partial charge is 0.288 e. The van der Waals surface area contributed by atoms with E-state index in [0.717, 1.165) is 0 Å². The van der Waals surface area contributed by atoms with E-state index in [1.165, 1.54) is 29.2 Å². The molecule has 0 spiro atoms. The van der Waals surface area contributed by atoms with Gasteiger partial charge in [-0.3, -0.25) is 4.79 Å². The molecule has 3 nitrogen and oxygen atoms in total. The third-order valence-electron chi connectivity index (χ3n) is 2.37. The number of rotatable bonds is 6. The average Bonchev–Trinajstić information content (AvgIpc) is 2.35. The lowest BCUT2D eigenvalue weighted by Gasteiger charge is -2.19. The van der Waals surface area contributed by atoms with Crippen LogP contribution < -0.4 is 0 Å². The maximum atomic E-state index is 12.1. The third kappa shape index (κ3) is 4.27. The van der Waals surface area contributed by atoms with Crippen LogP contribution in [0.25, 0.3) is 0 Å². The molecule has 0 saturated carbocycles. The van der Waals surface area contributed by atoms with Crippen molar-refractivity contribution in [1.29, 1.82) is 0 Å². The molecule has 1 amide bonds. The zero-order valence-corrected chi connectivity index (χ0v) is 10.8. The number of aliphatic hydroxyl groups is 1. The lowest BCUT2D eigenvalue weighted by Crippen LogP contribution is -2.33. The second-order valence-electron chi connectivity index (χ2n) is 3.51. The number of carbonyl (C=O) groups is 1. The maximum Gasteiger partial charge on any atom is 0.288 e. The monoisotopic (exact) mass is 275 g/mol. The summed E-state index contributed by atoms with van der Waals surface area (Å²) in [5, 5.41) is 8.83. The van der Waals surface area contributed by atoms with Gasteiger partial charge in [0.2, 0.25) is 0 Å². The van der Waals surface area contributed by atoms with Gasteiger partial charge < -0.3 is 10.0 Å². The molecule has 1 rings (SSSR count). The molecule has 0 bridgehead atoms. The van der Waals surface area contributed by atoms with Gasteiger partial charge in [-0.15, -0.1) is 0 Å². The molecule has 0 fully saturated rings. The van der Waals surface area contributed by atoms with E-state index in [0.29, 0.717) is 28.8 Å². The van der Waals surface area contributed by atoms with Gasteiger partial charge >= 0.3 is 0 Å². The van der Waals surface area contributed by atoms with Gasteiger partial charge in [-0.2, -0.15) is 8.78 Å². The van der Waals surface area contributed by atoms with Crippen molar-refractivity contribution in [2.45, 2.75) is 17.6 Å². The number of hydrogen-bond acceptors (Lipinski definition) is 3. The zero-order chi connectivity index (χ0) is 13.5. The number of alkyl halides is 2. The molecular weight excluding hydrogens is 260 g/mol. The number of thioether (sulfide) groups is 1. The first-order chi connectivity index (χ1) is 8.58. The minimum Gasteiger partial charge on any atom is -0.395 e. The van der Waals surface area contributed by atoms with E-state index in [2.05, 4.69) is 0 Å². The number of halogens is 2. The predicted octanol–water partition coefficient (Wildman–Crippen LogP) is 2.46. The fraction of sp³-hybridized carbons (Fsp3) is 0.417. The van der Waals surface area contributed by atoms with Crippen molar-refractivity contribution in [2.24, 2.45) is 0 Å². The van der Waals surface area contributed by atoms with Gasteiger partial charge in [0.1, 0.15) is 0 Å². The Kier molecular flexibility index (Phi) is 6.07. The lowest BCUT2D eigenvalue weighted by atomic mass is 10.2. The first-order valence-corrected chi connectivity index (χ1v) is 6.41. The van der Waals surface area contributed by atoms with Gasteiger partial charge in [0.15, 0.2) is 0 Å². The van der Waals surface area contributed by atoms with Crippen LogP contribution in [0.5, 0.6) is 0 Å². The highest BCUT2D eigenvalue weighted by atomic mass is 32.2. The molecule has 0 unspecified atom stereocenters. The van der Waals surface area contributed by atoms with Crippen molar-refractivity contribution < 1.29 is 18.7 Å². The van der Waals surface area contributed by atoms with E-state index in [9.17, 15) is 13.6 Å². The van der Waals surface area contributed by atoms with Crippen molar-refractivity contribution in [1.82, 2.24) is 4.90 Å². The first kappa shape index (κ1) is 14.9. The van der Waals surface area contributed by atoms with E-state index < -0.39 is 5.76 Å². The summed E-state index contributed by atoms with van der Waals surface area (Å²) in [7, 11) is 0. The van der Waals surface area contributed by atoms with Gasteiger partial charge in [-0.1, -0.05) is 11.8 Å². The molecule has 18 heavy (non-hydrogen) atoms. The largest absolute Gasteiger partial charge is 0.395 e. The number of aliphatic hydroxyl groups excluding tert-OH is 1. The van der Waals surface area contributed by atoms with Crippen LogP contribution in [0.3, 0.4) is 0 Å². The molecule has 0 saturated heterocycles. The van der Waals surface area contributed by atoms with Crippen molar-refractivity contribution in [2.75, 3.05) is 19.7 Å². The average molecular weight is 275 g/mol. The summed E-state index contributed by atoms with van der Waals surface area (Å²) in [6.07, 6.45) is 0. The molecule has 0 aliphatic carbocycles.